The number of pyridine rings is 1. The molecule has 0 unspecified atom stereocenters. The summed E-state index contributed by atoms with van der Waals surface area (Å²) in [5.74, 6) is -0.229. The number of nitrogens with two attached hydrogens (primary N) is 1. The first-order valence-electron chi connectivity index (χ1n) is 8.19. The SMILES string of the molecule is Cc1cc(N)nc(CCc2cc(F)cc(CCCN(C)C)c2F)c1. The smallest absolute Gasteiger partial charge is 0.129 e. The van der Waals surface area contributed by atoms with Crippen LogP contribution in [0.1, 0.15) is 28.8 Å². The standard InChI is InChI=1S/C19H25F2N3/c1-13-9-17(23-18(22)10-13)7-6-15-12-16(20)11-14(19(15)21)5-4-8-24(2)3/h9-12H,4-8H2,1-3H3,(H2,22,23). The van der Waals surface area contributed by atoms with E-state index >= 15 is 0 Å². The van der Waals surface area contributed by atoms with Crippen LogP contribution in [0.25, 0.3) is 0 Å². The molecule has 0 aliphatic rings. The van der Waals surface area contributed by atoms with E-state index in [0.717, 1.165) is 24.2 Å². The number of nitrogen functional groups attached to an aromatic ring is 1. The van der Waals surface area contributed by atoms with Crippen molar-refractivity contribution in [2.45, 2.75) is 32.6 Å². The molecule has 0 amide bonds. The van der Waals surface area contributed by atoms with E-state index in [2.05, 4.69) is 4.98 Å². The Labute approximate surface area is 142 Å². The molecule has 0 spiro atoms. The number of anilines is 1. The lowest BCUT2D eigenvalue weighted by atomic mass is 10.0. The van der Waals surface area contributed by atoms with Crippen LogP contribution in [0.2, 0.25) is 0 Å². The summed E-state index contributed by atoms with van der Waals surface area (Å²) in [6.07, 6.45) is 2.26. The van der Waals surface area contributed by atoms with Gasteiger partial charge in [0.15, 0.2) is 0 Å². The maximum Gasteiger partial charge on any atom is 0.129 e. The van der Waals surface area contributed by atoms with Gasteiger partial charge < -0.3 is 10.6 Å². The average molecular weight is 333 g/mol. The van der Waals surface area contributed by atoms with Gasteiger partial charge in [-0.1, -0.05) is 0 Å². The molecule has 2 aromatic rings. The van der Waals surface area contributed by atoms with Gasteiger partial charge in [0.05, 0.1) is 0 Å². The Hall–Kier alpha value is -2.01. The van der Waals surface area contributed by atoms with Crippen molar-refractivity contribution in [1.29, 1.82) is 0 Å². The van der Waals surface area contributed by atoms with Gasteiger partial charge in [-0.25, -0.2) is 13.8 Å². The first-order valence-corrected chi connectivity index (χ1v) is 8.19. The second-order valence-electron chi connectivity index (χ2n) is 6.51. The topological polar surface area (TPSA) is 42.1 Å². The Kier molecular flexibility index (Phi) is 6.26. The first-order chi connectivity index (χ1) is 11.3. The molecule has 0 fully saturated rings. The molecule has 0 radical (unpaired) electrons. The van der Waals surface area contributed by atoms with Gasteiger partial charge in [0.25, 0.3) is 0 Å². The van der Waals surface area contributed by atoms with Crippen LogP contribution in [-0.2, 0) is 19.3 Å². The third-order valence-corrected chi connectivity index (χ3v) is 3.93. The van der Waals surface area contributed by atoms with E-state index in [0.29, 0.717) is 36.2 Å². The molecule has 1 heterocycles. The van der Waals surface area contributed by atoms with E-state index in [9.17, 15) is 8.78 Å². The van der Waals surface area contributed by atoms with Crippen molar-refractivity contribution < 1.29 is 8.78 Å². The molecular weight excluding hydrogens is 308 g/mol. The highest BCUT2D eigenvalue weighted by molar-refractivity contribution is 5.35. The van der Waals surface area contributed by atoms with E-state index < -0.39 is 0 Å². The number of nitrogens with zero attached hydrogens (tertiary/aromatic N) is 2. The van der Waals surface area contributed by atoms with Crippen LogP contribution in [0.15, 0.2) is 24.3 Å². The van der Waals surface area contributed by atoms with E-state index in [1.807, 2.05) is 32.0 Å². The molecule has 1 aromatic carbocycles. The molecule has 0 aliphatic heterocycles. The molecule has 2 rings (SSSR count). The van der Waals surface area contributed by atoms with Crippen LogP contribution in [0, 0.1) is 18.6 Å². The Balaban J connectivity index is 2.10. The molecule has 0 bridgehead atoms. The molecule has 5 heteroatoms. The number of aromatic nitrogens is 1. The minimum absolute atomic E-state index is 0.296. The molecule has 0 aliphatic carbocycles. The van der Waals surface area contributed by atoms with Crippen molar-refractivity contribution in [3.05, 3.63) is 58.3 Å². The fraction of sp³-hybridized carbons (Fsp3) is 0.421. The van der Waals surface area contributed by atoms with Crippen molar-refractivity contribution in [3.63, 3.8) is 0 Å². The number of hydrogen-bond acceptors (Lipinski definition) is 3. The van der Waals surface area contributed by atoms with Crippen molar-refractivity contribution in [3.8, 4) is 0 Å². The minimum atomic E-state index is -0.386. The highest BCUT2D eigenvalue weighted by Crippen LogP contribution is 2.19. The lowest BCUT2D eigenvalue weighted by molar-refractivity contribution is 0.398. The monoisotopic (exact) mass is 333 g/mol. The summed E-state index contributed by atoms with van der Waals surface area (Å²) in [7, 11) is 3.93. The Morgan fingerprint density at radius 2 is 1.67 bits per heavy atom. The van der Waals surface area contributed by atoms with Gasteiger partial charge in [-0.2, -0.15) is 0 Å². The van der Waals surface area contributed by atoms with Crippen molar-refractivity contribution in [1.82, 2.24) is 9.88 Å². The summed E-state index contributed by atoms with van der Waals surface area (Å²) in [6.45, 7) is 2.78. The molecular formula is C19H25F2N3. The zero-order valence-electron chi connectivity index (χ0n) is 14.6. The van der Waals surface area contributed by atoms with E-state index in [1.165, 1.54) is 12.1 Å². The summed E-state index contributed by atoms with van der Waals surface area (Å²) in [4.78, 5) is 6.28. The third-order valence-electron chi connectivity index (χ3n) is 3.93. The molecule has 3 nitrogen and oxygen atoms in total. The lowest BCUT2D eigenvalue weighted by Gasteiger charge is -2.12. The molecule has 130 valence electrons. The van der Waals surface area contributed by atoms with Crippen LogP contribution < -0.4 is 5.73 Å². The van der Waals surface area contributed by atoms with Gasteiger partial charge in [0.2, 0.25) is 0 Å². The summed E-state index contributed by atoms with van der Waals surface area (Å²) >= 11 is 0. The molecule has 1 aromatic heterocycles. The van der Waals surface area contributed by atoms with Gasteiger partial charge in [0.1, 0.15) is 17.5 Å². The minimum Gasteiger partial charge on any atom is -0.384 e. The maximum atomic E-state index is 14.6. The number of rotatable bonds is 7. The average Bonchev–Trinajstić information content (AvgIpc) is 2.47. The number of hydrogen-bond donors (Lipinski definition) is 1. The predicted octanol–water partition coefficient (Wildman–Crippen LogP) is 3.53. The lowest BCUT2D eigenvalue weighted by Crippen LogP contribution is -2.14. The molecule has 0 saturated heterocycles. The second-order valence-corrected chi connectivity index (χ2v) is 6.51. The molecule has 2 N–H and O–H groups in total. The second kappa shape index (κ2) is 8.20. The summed E-state index contributed by atoms with van der Waals surface area (Å²) < 4.78 is 28.4. The van der Waals surface area contributed by atoms with E-state index in [1.54, 1.807) is 6.07 Å². The quantitative estimate of drug-likeness (QED) is 0.843. The van der Waals surface area contributed by atoms with Gasteiger partial charge in [-0.3, -0.25) is 0 Å². The fourth-order valence-corrected chi connectivity index (χ4v) is 2.82. The summed E-state index contributed by atoms with van der Waals surface area (Å²) in [5, 5.41) is 0. The third kappa shape index (κ3) is 5.27. The zero-order chi connectivity index (χ0) is 17.7. The summed E-state index contributed by atoms with van der Waals surface area (Å²) in [5.41, 5.74) is 8.40. The Bertz CT molecular complexity index is 679. The van der Waals surface area contributed by atoms with E-state index in [4.69, 9.17) is 5.73 Å². The zero-order valence-corrected chi connectivity index (χ0v) is 14.6. The van der Waals surface area contributed by atoms with Crippen molar-refractivity contribution in [2.75, 3.05) is 26.4 Å². The Morgan fingerprint density at radius 3 is 2.29 bits per heavy atom. The normalized spacial score (nSPS) is 11.2. The Morgan fingerprint density at radius 1 is 1.00 bits per heavy atom. The number of halogens is 2. The fourth-order valence-electron chi connectivity index (χ4n) is 2.82. The molecule has 0 saturated carbocycles. The first kappa shape index (κ1) is 18.3. The largest absolute Gasteiger partial charge is 0.384 e. The number of benzene rings is 1. The van der Waals surface area contributed by atoms with Crippen LogP contribution in [-0.4, -0.2) is 30.5 Å². The van der Waals surface area contributed by atoms with Gasteiger partial charge in [0, 0.05) is 5.69 Å². The van der Waals surface area contributed by atoms with Crippen LogP contribution in [0.5, 0.6) is 0 Å². The van der Waals surface area contributed by atoms with Gasteiger partial charge in [-0.15, -0.1) is 0 Å². The van der Waals surface area contributed by atoms with Crippen molar-refractivity contribution in [2.24, 2.45) is 0 Å². The van der Waals surface area contributed by atoms with E-state index in [-0.39, 0.29) is 11.6 Å². The van der Waals surface area contributed by atoms with Gasteiger partial charge >= 0.3 is 0 Å². The van der Waals surface area contributed by atoms with Crippen LogP contribution in [0.4, 0.5) is 14.6 Å². The van der Waals surface area contributed by atoms with Crippen LogP contribution in [0.3, 0.4) is 0 Å². The van der Waals surface area contributed by atoms with Crippen LogP contribution >= 0.6 is 0 Å². The highest BCUT2D eigenvalue weighted by atomic mass is 19.1. The highest BCUT2D eigenvalue weighted by Gasteiger charge is 2.12. The van der Waals surface area contributed by atoms with Gasteiger partial charge in [-0.05, 0) is 94.2 Å². The predicted molar refractivity (Wildman–Crippen MR) is 94.0 cm³/mol. The molecule has 0 atom stereocenters. The summed E-state index contributed by atoms with van der Waals surface area (Å²) in [6, 6.07) is 6.29. The maximum absolute atomic E-state index is 14.6. The van der Waals surface area contributed by atoms with Crippen molar-refractivity contribution >= 4 is 5.82 Å². The number of aryl methyl sites for hydroxylation is 4. The molecule has 24 heavy (non-hydrogen) atoms.